The minimum atomic E-state index is -0.215. The number of benzene rings is 1. The molecule has 0 spiro atoms. The molecule has 76 valence electrons. The van der Waals surface area contributed by atoms with Crippen LogP contribution in [-0.4, -0.2) is 9.78 Å². The Morgan fingerprint density at radius 1 is 1.29 bits per heavy atom. The van der Waals surface area contributed by atoms with Crippen LogP contribution < -0.4 is 0 Å². The third-order valence-corrected chi connectivity index (χ3v) is 1.92. The molecule has 0 N–H and O–H groups in total. The van der Waals surface area contributed by atoms with E-state index in [-0.39, 0.29) is 5.82 Å². The molecule has 0 amide bonds. The van der Waals surface area contributed by atoms with Gasteiger partial charge >= 0.3 is 0 Å². The predicted molar refractivity (Wildman–Crippen MR) is 56.8 cm³/mol. The molecule has 1 aromatic carbocycles. The Hall–Kier alpha value is -1.38. The molecule has 0 bridgehead atoms. The summed E-state index contributed by atoms with van der Waals surface area (Å²) in [6.45, 7) is 5.74. The van der Waals surface area contributed by atoms with Gasteiger partial charge in [0.25, 0.3) is 0 Å². The highest BCUT2D eigenvalue weighted by atomic mass is 19.1. The highest BCUT2D eigenvalue weighted by molar-refractivity contribution is 5.79. The maximum Gasteiger partial charge on any atom is 0.154 e. The van der Waals surface area contributed by atoms with Gasteiger partial charge in [0, 0.05) is 18.6 Å². The van der Waals surface area contributed by atoms with Gasteiger partial charge in [0.05, 0.1) is 0 Å². The molecule has 0 aliphatic heterocycles. The molecule has 0 aliphatic rings. The van der Waals surface area contributed by atoms with Crippen molar-refractivity contribution in [2.45, 2.75) is 20.8 Å². The molecule has 0 saturated heterocycles. The van der Waals surface area contributed by atoms with Crippen molar-refractivity contribution in [3.8, 4) is 0 Å². The van der Waals surface area contributed by atoms with Gasteiger partial charge < -0.3 is 0 Å². The van der Waals surface area contributed by atoms with Crippen LogP contribution in [0.3, 0.4) is 0 Å². The summed E-state index contributed by atoms with van der Waals surface area (Å²) in [7, 11) is 1.79. The minimum absolute atomic E-state index is 0.215. The molecule has 2 rings (SSSR count). The van der Waals surface area contributed by atoms with Gasteiger partial charge in [0.15, 0.2) is 5.82 Å². The molecular formula is C11H15FN2. The molecule has 1 heterocycles. The van der Waals surface area contributed by atoms with Crippen LogP contribution in [-0.2, 0) is 7.05 Å². The van der Waals surface area contributed by atoms with Gasteiger partial charge in [-0.25, -0.2) is 4.39 Å². The third kappa shape index (κ3) is 1.76. The summed E-state index contributed by atoms with van der Waals surface area (Å²) >= 11 is 0. The Kier molecular flexibility index (Phi) is 3.23. The molecule has 0 saturated carbocycles. The van der Waals surface area contributed by atoms with Gasteiger partial charge in [-0.15, -0.1) is 0 Å². The van der Waals surface area contributed by atoms with Crippen LogP contribution in [0.25, 0.3) is 10.9 Å². The molecule has 0 unspecified atom stereocenters. The SMILES string of the molecule is CC.Cc1ccc2cn(C)nc2c1F. The van der Waals surface area contributed by atoms with Crippen molar-refractivity contribution in [2.24, 2.45) is 7.05 Å². The zero-order valence-electron chi connectivity index (χ0n) is 9.00. The van der Waals surface area contributed by atoms with Crippen molar-refractivity contribution in [3.05, 3.63) is 29.7 Å². The van der Waals surface area contributed by atoms with Gasteiger partial charge in [0.1, 0.15) is 5.52 Å². The average Bonchev–Trinajstić information content (AvgIpc) is 2.57. The van der Waals surface area contributed by atoms with Gasteiger partial charge in [0.2, 0.25) is 0 Å². The first-order valence-corrected chi connectivity index (χ1v) is 4.77. The lowest BCUT2D eigenvalue weighted by atomic mass is 10.2. The van der Waals surface area contributed by atoms with Crippen LogP contribution in [0.4, 0.5) is 4.39 Å². The second-order valence-electron chi connectivity index (χ2n) is 2.94. The average molecular weight is 194 g/mol. The maximum absolute atomic E-state index is 13.3. The molecule has 0 radical (unpaired) electrons. The van der Waals surface area contributed by atoms with E-state index < -0.39 is 0 Å². The molecule has 1 aromatic heterocycles. The molecule has 0 fully saturated rings. The summed E-state index contributed by atoms with van der Waals surface area (Å²) in [5, 5.41) is 4.86. The van der Waals surface area contributed by atoms with E-state index >= 15 is 0 Å². The maximum atomic E-state index is 13.3. The van der Waals surface area contributed by atoms with Crippen LogP contribution in [0.15, 0.2) is 18.3 Å². The van der Waals surface area contributed by atoms with Crippen LogP contribution >= 0.6 is 0 Å². The van der Waals surface area contributed by atoms with E-state index in [1.807, 2.05) is 19.9 Å². The first kappa shape index (κ1) is 10.7. The molecular weight excluding hydrogens is 179 g/mol. The topological polar surface area (TPSA) is 17.8 Å². The van der Waals surface area contributed by atoms with Crippen molar-refractivity contribution in [1.29, 1.82) is 0 Å². The zero-order chi connectivity index (χ0) is 10.7. The number of fused-ring (bicyclic) bond motifs is 1. The van der Waals surface area contributed by atoms with Crippen molar-refractivity contribution in [1.82, 2.24) is 9.78 Å². The second kappa shape index (κ2) is 4.22. The van der Waals surface area contributed by atoms with Gasteiger partial charge in [-0.2, -0.15) is 5.10 Å². The lowest BCUT2D eigenvalue weighted by molar-refractivity contribution is 0.623. The van der Waals surface area contributed by atoms with Crippen molar-refractivity contribution in [2.75, 3.05) is 0 Å². The molecule has 0 aliphatic carbocycles. The highest BCUT2D eigenvalue weighted by Crippen LogP contribution is 2.18. The van der Waals surface area contributed by atoms with E-state index in [0.717, 1.165) is 5.39 Å². The van der Waals surface area contributed by atoms with E-state index in [1.165, 1.54) is 0 Å². The fraction of sp³-hybridized carbons (Fsp3) is 0.364. The fourth-order valence-corrected chi connectivity index (χ4v) is 1.27. The first-order valence-electron chi connectivity index (χ1n) is 4.77. The molecule has 3 heteroatoms. The van der Waals surface area contributed by atoms with Crippen LogP contribution in [0.2, 0.25) is 0 Å². The summed E-state index contributed by atoms with van der Waals surface area (Å²) < 4.78 is 15.0. The first-order chi connectivity index (χ1) is 6.68. The smallest absolute Gasteiger partial charge is 0.154 e. The van der Waals surface area contributed by atoms with Gasteiger partial charge in [-0.1, -0.05) is 26.0 Å². The highest BCUT2D eigenvalue weighted by Gasteiger charge is 2.06. The molecule has 14 heavy (non-hydrogen) atoms. The number of rotatable bonds is 0. The van der Waals surface area contributed by atoms with Crippen molar-refractivity contribution < 1.29 is 4.39 Å². The van der Waals surface area contributed by atoms with E-state index in [9.17, 15) is 4.39 Å². The fourth-order valence-electron chi connectivity index (χ4n) is 1.27. The van der Waals surface area contributed by atoms with Crippen LogP contribution in [0.5, 0.6) is 0 Å². The Bertz CT molecular complexity index is 432. The number of aryl methyl sites for hydroxylation is 2. The standard InChI is InChI=1S/C9H9FN2.C2H6/c1-6-3-4-7-5-12(2)11-9(7)8(6)10;1-2/h3-5H,1-2H3;1-2H3. The summed E-state index contributed by atoms with van der Waals surface area (Å²) in [6, 6.07) is 3.64. The van der Waals surface area contributed by atoms with E-state index in [4.69, 9.17) is 0 Å². The Morgan fingerprint density at radius 3 is 2.57 bits per heavy atom. The molecule has 2 aromatic rings. The molecule has 0 atom stereocenters. The number of hydrogen-bond donors (Lipinski definition) is 0. The molecule has 2 nitrogen and oxygen atoms in total. The van der Waals surface area contributed by atoms with E-state index in [0.29, 0.717) is 11.1 Å². The number of hydrogen-bond acceptors (Lipinski definition) is 1. The van der Waals surface area contributed by atoms with Crippen molar-refractivity contribution >= 4 is 10.9 Å². The van der Waals surface area contributed by atoms with E-state index in [1.54, 1.807) is 30.9 Å². The van der Waals surface area contributed by atoms with Gasteiger partial charge in [-0.3, -0.25) is 4.68 Å². The van der Waals surface area contributed by atoms with Crippen molar-refractivity contribution in [3.63, 3.8) is 0 Å². The van der Waals surface area contributed by atoms with E-state index in [2.05, 4.69) is 5.10 Å². The van der Waals surface area contributed by atoms with Crippen LogP contribution in [0.1, 0.15) is 19.4 Å². The Morgan fingerprint density at radius 2 is 1.93 bits per heavy atom. The summed E-state index contributed by atoms with van der Waals surface area (Å²) in [4.78, 5) is 0. The quantitative estimate of drug-likeness (QED) is 0.630. The number of aromatic nitrogens is 2. The monoisotopic (exact) mass is 194 g/mol. The normalized spacial score (nSPS) is 9.79. The summed E-state index contributed by atoms with van der Waals surface area (Å²) in [5.74, 6) is -0.215. The largest absolute Gasteiger partial charge is 0.274 e. The number of halogens is 1. The second-order valence-corrected chi connectivity index (χ2v) is 2.94. The lowest BCUT2D eigenvalue weighted by Crippen LogP contribution is -1.87. The van der Waals surface area contributed by atoms with Crippen LogP contribution in [0, 0.1) is 12.7 Å². The van der Waals surface area contributed by atoms with Gasteiger partial charge in [-0.05, 0) is 12.5 Å². The summed E-state index contributed by atoms with van der Waals surface area (Å²) in [5.41, 5.74) is 1.10. The predicted octanol–water partition coefficient (Wildman–Crippen LogP) is 3.05. The lowest BCUT2D eigenvalue weighted by Gasteiger charge is -1.94. The number of nitrogens with zero attached hydrogens (tertiary/aromatic N) is 2. The zero-order valence-corrected chi connectivity index (χ0v) is 9.00. The Balaban J connectivity index is 0.000000461. The Labute approximate surface area is 83.4 Å². The third-order valence-electron chi connectivity index (χ3n) is 1.92. The summed E-state index contributed by atoms with van der Waals surface area (Å²) in [6.07, 6.45) is 1.80. The minimum Gasteiger partial charge on any atom is -0.274 e.